The maximum atomic E-state index is 12.5. The Morgan fingerprint density at radius 1 is 1.27 bits per heavy atom. The van der Waals surface area contributed by atoms with Crippen LogP contribution < -0.4 is 10.1 Å². The Morgan fingerprint density at radius 2 is 1.95 bits per heavy atom. The molecule has 0 saturated carbocycles. The minimum Gasteiger partial charge on any atom is -0.497 e. The van der Waals surface area contributed by atoms with E-state index in [1.54, 1.807) is 7.11 Å². The van der Waals surface area contributed by atoms with Crippen LogP contribution in [0.1, 0.15) is 18.9 Å². The Morgan fingerprint density at radius 3 is 2.45 bits per heavy atom. The molecule has 0 unspecified atom stereocenters. The minimum absolute atomic E-state index is 0.0296. The van der Waals surface area contributed by atoms with E-state index in [0.717, 1.165) is 20.8 Å². The summed E-state index contributed by atoms with van der Waals surface area (Å²) in [5.74, 6) is 0.919. The van der Waals surface area contributed by atoms with E-state index in [4.69, 9.17) is 4.74 Å². The van der Waals surface area contributed by atoms with Gasteiger partial charge in [0.25, 0.3) is 0 Å². The van der Waals surface area contributed by atoms with Crippen molar-refractivity contribution < 1.29 is 9.53 Å². The minimum atomic E-state index is -0.213. The number of hydrogen-bond acceptors (Lipinski definition) is 6. The molecule has 0 aliphatic rings. The highest BCUT2D eigenvalue weighted by molar-refractivity contribution is 8.02. The van der Waals surface area contributed by atoms with Crippen LogP contribution in [-0.2, 0) is 4.79 Å². The first-order valence-electron chi connectivity index (χ1n) is 6.91. The summed E-state index contributed by atoms with van der Waals surface area (Å²) in [6.45, 7) is 5.96. The van der Waals surface area contributed by atoms with E-state index in [9.17, 15) is 4.79 Å². The summed E-state index contributed by atoms with van der Waals surface area (Å²) < 4.78 is 5.93. The Hall–Kier alpha value is -1.60. The van der Waals surface area contributed by atoms with Gasteiger partial charge in [0.15, 0.2) is 4.34 Å². The molecule has 1 heterocycles. The molecule has 118 valence electrons. The lowest BCUT2D eigenvalue weighted by Gasteiger charge is -2.18. The quantitative estimate of drug-likeness (QED) is 0.816. The predicted octanol–water partition coefficient (Wildman–Crippen LogP) is 3.61. The number of rotatable bonds is 6. The van der Waals surface area contributed by atoms with Crippen LogP contribution in [-0.4, -0.2) is 28.5 Å². The average Bonchev–Trinajstić information content (AvgIpc) is 2.90. The van der Waals surface area contributed by atoms with Gasteiger partial charge in [0.1, 0.15) is 10.8 Å². The molecule has 1 atom stereocenters. The average molecular weight is 337 g/mol. The zero-order valence-electron chi connectivity index (χ0n) is 13.0. The molecule has 1 N–H and O–H groups in total. The number of amides is 1. The maximum absolute atomic E-state index is 12.5. The van der Waals surface area contributed by atoms with E-state index in [0.29, 0.717) is 0 Å². The van der Waals surface area contributed by atoms with Crippen LogP contribution in [0.2, 0.25) is 0 Å². The normalized spacial score (nSPS) is 12.2. The first kappa shape index (κ1) is 16.8. The third-order valence-electron chi connectivity index (χ3n) is 2.96. The number of anilines is 1. The first-order chi connectivity index (χ1) is 10.5. The number of ether oxygens (including phenoxy) is 1. The first-order valence-corrected chi connectivity index (χ1v) is 8.61. The Labute approximate surface area is 138 Å². The number of methoxy groups -OCH3 is 1. The third-order valence-corrected chi connectivity index (χ3v) is 5.42. The number of thioether (sulfide) groups is 1. The highest BCUT2D eigenvalue weighted by Crippen LogP contribution is 2.31. The van der Waals surface area contributed by atoms with Crippen LogP contribution in [0.4, 0.5) is 5.69 Å². The molecule has 0 aliphatic carbocycles. The van der Waals surface area contributed by atoms with Crippen LogP contribution in [0, 0.1) is 12.8 Å². The van der Waals surface area contributed by atoms with Crippen molar-refractivity contribution in [3.63, 3.8) is 0 Å². The number of aromatic nitrogens is 2. The van der Waals surface area contributed by atoms with Gasteiger partial charge in [-0.3, -0.25) is 4.79 Å². The van der Waals surface area contributed by atoms with Crippen LogP contribution in [0.3, 0.4) is 0 Å². The van der Waals surface area contributed by atoms with Gasteiger partial charge in [0, 0.05) is 5.69 Å². The standard InChI is InChI=1S/C15H19N3O2S2/c1-9(2)13(22-15-18-17-10(3)21-15)14(19)16-11-5-7-12(20-4)8-6-11/h5-9,13H,1-4H3,(H,16,19)/t13-/m0/s1. The van der Waals surface area contributed by atoms with Gasteiger partial charge in [-0.05, 0) is 37.1 Å². The van der Waals surface area contributed by atoms with E-state index in [1.807, 2.05) is 45.0 Å². The number of nitrogens with zero attached hydrogens (tertiary/aromatic N) is 2. The molecule has 1 aromatic carbocycles. The molecule has 0 radical (unpaired) electrons. The van der Waals surface area contributed by atoms with Crippen molar-refractivity contribution in [2.24, 2.45) is 5.92 Å². The number of benzene rings is 1. The second-order valence-electron chi connectivity index (χ2n) is 5.09. The van der Waals surface area contributed by atoms with Crippen molar-refractivity contribution in [1.29, 1.82) is 0 Å². The smallest absolute Gasteiger partial charge is 0.238 e. The summed E-state index contributed by atoms with van der Waals surface area (Å²) in [7, 11) is 1.61. The molecular weight excluding hydrogens is 318 g/mol. The molecule has 0 saturated heterocycles. The zero-order chi connectivity index (χ0) is 16.1. The second-order valence-corrected chi connectivity index (χ2v) is 7.66. The van der Waals surface area contributed by atoms with Crippen LogP contribution >= 0.6 is 23.1 Å². The van der Waals surface area contributed by atoms with Crippen molar-refractivity contribution in [3.8, 4) is 5.75 Å². The molecule has 7 heteroatoms. The topological polar surface area (TPSA) is 64.1 Å². The largest absolute Gasteiger partial charge is 0.497 e. The second kappa shape index (κ2) is 7.60. The summed E-state index contributed by atoms with van der Waals surface area (Å²) in [6.07, 6.45) is 0. The molecule has 2 aromatic rings. The van der Waals surface area contributed by atoms with E-state index in [1.165, 1.54) is 23.1 Å². The summed E-state index contributed by atoms with van der Waals surface area (Å²) in [6, 6.07) is 7.30. The molecule has 1 aromatic heterocycles. The number of nitrogens with one attached hydrogen (secondary N) is 1. The molecule has 0 aliphatic heterocycles. The zero-order valence-corrected chi connectivity index (χ0v) is 14.6. The van der Waals surface area contributed by atoms with Crippen LogP contribution in [0.15, 0.2) is 28.6 Å². The Kier molecular flexibility index (Phi) is 5.79. The van der Waals surface area contributed by atoms with Crippen LogP contribution in [0.5, 0.6) is 5.75 Å². The van der Waals surface area contributed by atoms with Gasteiger partial charge in [-0.15, -0.1) is 10.2 Å². The lowest BCUT2D eigenvalue weighted by molar-refractivity contribution is -0.116. The lowest BCUT2D eigenvalue weighted by Crippen LogP contribution is -2.29. The number of aryl methyl sites for hydroxylation is 1. The number of carbonyl (C=O) groups is 1. The molecule has 0 spiro atoms. The number of hydrogen-bond donors (Lipinski definition) is 1. The van der Waals surface area contributed by atoms with Gasteiger partial charge in [-0.1, -0.05) is 36.9 Å². The van der Waals surface area contributed by atoms with Gasteiger partial charge in [-0.2, -0.15) is 0 Å². The van der Waals surface area contributed by atoms with E-state index in [-0.39, 0.29) is 17.1 Å². The lowest BCUT2D eigenvalue weighted by atomic mass is 10.1. The molecule has 0 fully saturated rings. The predicted molar refractivity (Wildman–Crippen MR) is 90.8 cm³/mol. The van der Waals surface area contributed by atoms with Crippen molar-refractivity contribution in [3.05, 3.63) is 29.3 Å². The van der Waals surface area contributed by atoms with E-state index in [2.05, 4.69) is 15.5 Å². The summed E-state index contributed by atoms with van der Waals surface area (Å²) >= 11 is 2.97. The maximum Gasteiger partial charge on any atom is 0.238 e. The van der Waals surface area contributed by atoms with Crippen molar-refractivity contribution >= 4 is 34.7 Å². The summed E-state index contributed by atoms with van der Waals surface area (Å²) in [5, 5.41) is 11.7. The molecule has 2 rings (SSSR count). The van der Waals surface area contributed by atoms with Crippen molar-refractivity contribution in [1.82, 2.24) is 10.2 Å². The van der Waals surface area contributed by atoms with Crippen molar-refractivity contribution in [2.45, 2.75) is 30.4 Å². The Bertz CT molecular complexity index is 626. The Balaban J connectivity index is 2.05. The van der Waals surface area contributed by atoms with Gasteiger partial charge < -0.3 is 10.1 Å². The van der Waals surface area contributed by atoms with E-state index < -0.39 is 0 Å². The summed E-state index contributed by atoms with van der Waals surface area (Å²) in [4.78, 5) is 12.5. The summed E-state index contributed by atoms with van der Waals surface area (Å²) in [5.41, 5.74) is 0.755. The van der Waals surface area contributed by atoms with Gasteiger partial charge >= 0.3 is 0 Å². The van der Waals surface area contributed by atoms with E-state index >= 15 is 0 Å². The van der Waals surface area contributed by atoms with Gasteiger partial charge in [0.2, 0.25) is 5.91 Å². The highest BCUT2D eigenvalue weighted by Gasteiger charge is 2.25. The molecule has 22 heavy (non-hydrogen) atoms. The SMILES string of the molecule is COc1ccc(NC(=O)[C@@H](Sc2nnc(C)s2)C(C)C)cc1. The number of carbonyl (C=O) groups excluding carboxylic acids is 1. The molecular formula is C15H19N3O2S2. The highest BCUT2D eigenvalue weighted by atomic mass is 32.2. The third kappa shape index (κ3) is 4.45. The molecule has 5 nitrogen and oxygen atoms in total. The monoisotopic (exact) mass is 337 g/mol. The van der Waals surface area contributed by atoms with Gasteiger partial charge in [0.05, 0.1) is 12.4 Å². The van der Waals surface area contributed by atoms with Crippen LogP contribution in [0.25, 0.3) is 0 Å². The fraction of sp³-hybridized carbons (Fsp3) is 0.400. The van der Waals surface area contributed by atoms with Gasteiger partial charge in [-0.25, -0.2) is 0 Å². The fourth-order valence-electron chi connectivity index (χ4n) is 1.81. The molecule has 0 bridgehead atoms. The van der Waals surface area contributed by atoms with Crippen molar-refractivity contribution in [2.75, 3.05) is 12.4 Å². The fourth-order valence-corrected chi connectivity index (χ4v) is 3.84. The molecule has 1 amide bonds.